The monoisotopic (exact) mass is 321 g/mol. The summed E-state index contributed by atoms with van der Waals surface area (Å²) in [7, 11) is -1.13. The number of para-hydroxylation sites is 1. The van der Waals surface area contributed by atoms with Crippen molar-refractivity contribution in [1.82, 2.24) is 0 Å². The van der Waals surface area contributed by atoms with Gasteiger partial charge in [0.25, 0.3) is 0 Å². The zero-order valence-corrected chi connectivity index (χ0v) is 15.1. The number of amides is 1. The molecule has 1 aromatic carbocycles. The fourth-order valence-corrected chi connectivity index (χ4v) is 3.58. The van der Waals surface area contributed by atoms with Gasteiger partial charge in [-0.25, -0.2) is 0 Å². The molecule has 1 N–H and O–H groups in total. The molecule has 0 aromatic heterocycles. The molecule has 4 nitrogen and oxygen atoms in total. The molecule has 0 fully saturated rings. The van der Waals surface area contributed by atoms with Crippen molar-refractivity contribution in [3.05, 3.63) is 29.8 Å². The van der Waals surface area contributed by atoms with Crippen LogP contribution >= 0.6 is 0 Å². The van der Waals surface area contributed by atoms with Crippen molar-refractivity contribution in [1.29, 1.82) is 0 Å². The number of benzene rings is 1. The number of fused-ring (bicyclic) bond motifs is 1. The molecule has 122 valence electrons. The maximum atomic E-state index is 12.8. The highest BCUT2D eigenvalue weighted by atomic mass is 28.3. The minimum absolute atomic E-state index is 0.000888. The highest BCUT2D eigenvalue weighted by Gasteiger charge is 2.46. The molecular weight excluding hydrogens is 294 g/mol. The Kier molecular flexibility index (Phi) is 5.09. The van der Waals surface area contributed by atoms with E-state index < -0.39 is 13.5 Å². The number of rotatable bonds is 7. The lowest BCUT2D eigenvalue weighted by molar-refractivity contribution is -0.124. The lowest BCUT2D eigenvalue weighted by Crippen LogP contribution is -2.40. The first-order valence-electron chi connectivity index (χ1n) is 7.90. The summed E-state index contributed by atoms with van der Waals surface area (Å²) in [6.45, 7) is 9.83. The maximum Gasteiger partial charge on any atom is 0.239 e. The van der Waals surface area contributed by atoms with Crippen LogP contribution in [0.15, 0.2) is 24.3 Å². The normalized spacial score (nSPS) is 21.3. The number of ether oxygens (including phenoxy) is 1. The van der Waals surface area contributed by atoms with Gasteiger partial charge in [0, 0.05) is 21.3 Å². The van der Waals surface area contributed by atoms with Gasteiger partial charge in [0.05, 0.1) is 11.1 Å². The van der Waals surface area contributed by atoms with Gasteiger partial charge in [-0.1, -0.05) is 37.8 Å². The Labute approximate surface area is 134 Å². The molecule has 1 aliphatic rings. The Bertz CT molecular complexity index is 541. The number of nitrogens with zero attached hydrogens (tertiary/aromatic N) is 1. The Morgan fingerprint density at radius 1 is 1.27 bits per heavy atom. The SMILES string of the molecule is C[C@@]1(CCO)C(=O)N(COCC[Si](C)(C)C)c2ccccc21. The smallest absolute Gasteiger partial charge is 0.239 e. The first kappa shape index (κ1) is 17.2. The second-order valence-corrected chi connectivity index (χ2v) is 13.0. The fraction of sp³-hybridized carbons (Fsp3) is 0.588. The Hall–Kier alpha value is -1.17. The molecule has 5 heteroatoms. The van der Waals surface area contributed by atoms with Gasteiger partial charge in [0.2, 0.25) is 5.91 Å². The maximum absolute atomic E-state index is 12.8. The summed E-state index contributed by atoms with van der Waals surface area (Å²) in [6.07, 6.45) is 0.439. The molecule has 0 saturated carbocycles. The van der Waals surface area contributed by atoms with Gasteiger partial charge in [-0.05, 0) is 31.0 Å². The highest BCUT2D eigenvalue weighted by molar-refractivity contribution is 6.76. The zero-order valence-electron chi connectivity index (χ0n) is 14.1. The lowest BCUT2D eigenvalue weighted by atomic mass is 9.81. The van der Waals surface area contributed by atoms with Crippen LogP contribution in [0, 0.1) is 0 Å². The topological polar surface area (TPSA) is 49.8 Å². The summed E-state index contributed by atoms with van der Waals surface area (Å²) in [5.74, 6) is 0.0238. The Morgan fingerprint density at radius 3 is 2.59 bits per heavy atom. The molecular formula is C17H27NO3Si. The largest absolute Gasteiger partial charge is 0.396 e. The van der Waals surface area contributed by atoms with Crippen molar-refractivity contribution < 1.29 is 14.6 Å². The first-order chi connectivity index (χ1) is 10.3. The van der Waals surface area contributed by atoms with Crippen LogP contribution in [0.5, 0.6) is 0 Å². The molecule has 0 saturated heterocycles. The van der Waals surface area contributed by atoms with E-state index in [1.165, 1.54) is 0 Å². The minimum atomic E-state index is -1.13. The molecule has 0 bridgehead atoms. The summed E-state index contributed by atoms with van der Waals surface area (Å²) in [6, 6.07) is 8.90. The predicted octanol–water partition coefficient (Wildman–Crippen LogP) is 2.99. The van der Waals surface area contributed by atoms with Crippen LogP contribution in [0.4, 0.5) is 5.69 Å². The third kappa shape index (κ3) is 3.42. The molecule has 1 heterocycles. The first-order valence-corrected chi connectivity index (χ1v) is 11.6. The number of hydrogen-bond donors (Lipinski definition) is 1. The molecule has 0 unspecified atom stereocenters. The summed E-state index contributed by atoms with van der Waals surface area (Å²) >= 11 is 0. The van der Waals surface area contributed by atoms with Gasteiger partial charge in [-0.2, -0.15) is 0 Å². The molecule has 0 spiro atoms. The number of aliphatic hydroxyl groups is 1. The van der Waals surface area contributed by atoms with E-state index >= 15 is 0 Å². The van der Waals surface area contributed by atoms with Gasteiger partial charge in [0.1, 0.15) is 6.73 Å². The summed E-state index contributed by atoms with van der Waals surface area (Å²) in [5.41, 5.74) is 1.26. The van der Waals surface area contributed by atoms with Crippen molar-refractivity contribution >= 4 is 19.7 Å². The summed E-state index contributed by atoms with van der Waals surface area (Å²) in [5, 5.41) is 9.33. The van der Waals surface area contributed by atoms with E-state index in [0.717, 1.165) is 17.3 Å². The van der Waals surface area contributed by atoms with Crippen LogP contribution in [0.3, 0.4) is 0 Å². The van der Waals surface area contributed by atoms with E-state index in [2.05, 4.69) is 19.6 Å². The van der Waals surface area contributed by atoms with Crippen molar-refractivity contribution in [2.24, 2.45) is 0 Å². The second kappa shape index (κ2) is 6.52. The van der Waals surface area contributed by atoms with E-state index in [1.807, 2.05) is 31.2 Å². The molecule has 1 aromatic rings. The highest BCUT2D eigenvalue weighted by Crippen LogP contribution is 2.43. The van der Waals surface area contributed by atoms with Crippen LogP contribution in [0.1, 0.15) is 18.9 Å². The van der Waals surface area contributed by atoms with Crippen LogP contribution in [0.2, 0.25) is 25.7 Å². The van der Waals surface area contributed by atoms with Gasteiger partial charge >= 0.3 is 0 Å². The van der Waals surface area contributed by atoms with Crippen LogP contribution in [-0.4, -0.2) is 39.0 Å². The van der Waals surface area contributed by atoms with Crippen molar-refractivity contribution in [2.45, 2.75) is 44.4 Å². The molecule has 1 amide bonds. The van der Waals surface area contributed by atoms with E-state index in [4.69, 9.17) is 4.74 Å². The van der Waals surface area contributed by atoms with Crippen molar-refractivity contribution in [3.63, 3.8) is 0 Å². The quantitative estimate of drug-likeness (QED) is 0.620. The van der Waals surface area contributed by atoms with Gasteiger partial charge in [0.15, 0.2) is 0 Å². The Morgan fingerprint density at radius 2 is 1.95 bits per heavy atom. The average Bonchev–Trinajstić information content (AvgIpc) is 2.65. The molecule has 2 rings (SSSR count). The van der Waals surface area contributed by atoms with E-state index in [-0.39, 0.29) is 12.5 Å². The van der Waals surface area contributed by atoms with E-state index in [1.54, 1.807) is 4.90 Å². The number of carbonyl (C=O) groups excluding carboxylic acids is 1. The molecule has 22 heavy (non-hydrogen) atoms. The standard InChI is InChI=1S/C17H27NO3Si/c1-17(9-10-19)14-7-5-6-8-15(14)18(16(17)20)13-21-11-12-22(2,3)4/h5-8,19H,9-13H2,1-4H3/t17-/m0/s1. The average molecular weight is 321 g/mol. The van der Waals surface area contributed by atoms with Crippen LogP contribution in [0.25, 0.3) is 0 Å². The van der Waals surface area contributed by atoms with E-state index in [9.17, 15) is 9.90 Å². The van der Waals surface area contributed by atoms with Crippen molar-refractivity contribution in [3.8, 4) is 0 Å². The second-order valence-electron chi connectivity index (χ2n) is 7.40. The molecule has 0 radical (unpaired) electrons. The van der Waals surface area contributed by atoms with Crippen LogP contribution in [-0.2, 0) is 14.9 Å². The molecule has 1 atom stereocenters. The van der Waals surface area contributed by atoms with Gasteiger partial charge in [-0.3, -0.25) is 9.69 Å². The number of hydrogen-bond acceptors (Lipinski definition) is 3. The van der Waals surface area contributed by atoms with Crippen molar-refractivity contribution in [2.75, 3.05) is 24.8 Å². The number of anilines is 1. The number of carbonyl (C=O) groups is 1. The minimum Gasteiger partial charge on any atom is -0.396 e. The predicted molar refractivity (Wildman–Crippen MR) is 92.0 cm³/mol. The number of aliphatic hydroxyl groups excluding tert-OH is 1. The Balaban J connectivity index is 2.11. The lowest BCUT2D eigenvalue weighted by Gasteiger charge is -2.24. The van der Waals surface area contributed by atoms with E-state index in [0.29, 0.717) is 19.8 Å². The fourth-order valence-electron chi connectivity index (χ4n) is 2.83. The summed E-state index contributed by atoms with van der Waals surface area (Å²) < 4.78 is 5.77. The third-order valence-electron chi connectivity index (χ3n) is 4.34. The summed E-state index contributed by atoms with van der Waals surface area (Å²) in [4.78, 5) is 14.5. The van der Waals surface area contributed by atoms with Crippen LogP contribution < -0.4 is 4.90 Å². The van der Waals surface area contributed by atoms with Gasteiger partial charge < -0.3 is 9.84 Å². The zero-order chi connectivity index (χ0) is 16.4. The molecule has 0 aliphatic carbocycles. The third-order valence-corrected chi connectivity index (χ3v) is 6.04. The molecule has 1 aliphatic heterocycles. The van der Waals surface area contributed by atoms with Gasteiger partial charge in [-0.15, -0.1) is 0 Å².